The number of amides is 1. The molecule has 30 heavy (non-hydrogen) atoms. The fourth-order valence-corrected chi connectivity index (χ4v) is 2.55. The molecule has 0 radical (unpaired) electrons. The number of aliphatic hydroxyl groups is 2. The van der Waals surface area contributed by atoms with E-state index in [1.54, 1.807) is 27.7 Å². The van der Waals surface area contributed by atoms with E-state index < -0.39 is 8.07 Å². The van der Waals surface area contributed by atoms with Gasteiger partial charge in [-0.25, -0.2) is 0 Å². The van der Waals surface area contributed by atoms with Gasteiger partial charge in [0.15, 0.2) is 0 Å². The van der Waals surface area contributed by atoms with Crippen molar-refractivity contribution in [3.05, 3.63) is 23.4 Å². The van der Waals surface area contributed by atoms with Crippen LogP contribution in [-0.2, 0) is 26.5 Å². The Hall–Kier alpha value is -0.199. The summed E-state index contributed by atoms with van der Waals surface area (Å²) >= 11 is 0. The Morgan fingerprint density at radius 1 is 0.933 bits per heavy atom. The normalized spacial score (nSPS) is 11.5. The minimum atomic E-state index is -1.36. The van der Waals surface area contributed by atoms with Crippen LogP contribution in [0.25, 0.3) is 0 Å². The minimum Gasteiger partial charge on any atom is -0.394 e. The number of carbonyl (C=O) groups is 1. The van der Waals surface area contributed by atoms with Crippen LogP contribution in [0.5, 0.6) is 0 Å². The summed E-state index contributed by atoms with van der Waals surface area (Å²) < 4.78 is 0. The van der Waals surface area contributed by atoms with E-state index >= 15 is 0 Å². The zero-order valence-corrected chi connectivity index (χ0v) is 24.0. The number of aliphatic hydroxyl groups excluding tert-OH is 2. The molecule has 4 nitrogen and oxygen atoms in total. The van der Waals surface area contributed by atoms with Crippen LogP contribution in [0.3, 0.4) is 0 Å². The molecule has 0 fully saturated rings. The zero-order valence-electron chi connectivity index (χ0n) is 21.4. The Balaban J connectivity index is -0.000000319. The standard InChI is InChI=1S/C18H33NOSi.2C3H8O.Ti/c1-7-10-11-12-13-17(14-15-21(4,5)6)16-18(20)19(8-2)9-3;2*1-3(2)4;/h14H,7-13H2,1-6H3;2*3-4H,1-2H3;/q-2;;;+2. The van der Waals surface area contributed by atoms with Crippen molar-refractivity contribution in [1.29, 1.82) is 0 Å². The van der Waals surface area contributed by atoms with E-state index in [0.29, 0.717) is 0 Å². The Morgan fingerprint density at radius 2 is 1.37 bits per heavy atom. The molecule has 0 aliphatic rings. The maximum atomic E-state index is 12.2. The van der Waals surface area contributed by atoms with E-state index in [9.17, 15) is 4.79 Å². The summed E-state index contributed by atoms with van der Waals surface area (Å²) in [5.74, 6) is 0.0131. The quantitative estimate of drug-likeness (QED) is 0.143. The van der Waals surface area contributed by atoms with Gasteiger partial charge in [-0.05, 0) is 49.6 Å². The van der Waals surface area contributed by atoms with Crippen LogP contribution < -0.4 is 0 Å². The van der Waals surface area contributed by atoms with Crippen molar-refractivity contribution in [2.24, 2.45) is 0 Å². The van der Waals surface area contributed by atoms with E-state index in [2.05, 4.69) is 38.3 Å². The van der Waals surface area contributed by atoms with Gasteiger partial charge < -0.3 is 32.5 Å². The fourth-order valence-electron chi connectivity index (χ4n) is 1.94. The van der Waals surface area contributed by atoms with Crippen LogP contribution in [0, 0.1) is 11.8 Å². The molecule has 0 saturated heterocycles. The van der Waals surface area contributed by atoms with Crippen molar-refractivity contribution in [2.75, 3.05) is 13.1 Å². The number of rotatable bonds is 10. The van der Waals surface area contributed by atoms with E-state index in [4.69, 9.17) is 10.2 Å². The number of carbonyl (C=O) groups excluding carboxylic acids is 1. The van der Waals surface area contributed by atoms with Crippen molar-refractivity contribution in [1.82, 2.24) is 4.90 Å². The van der Waals surface area contributed by atoms with Gasteiger partial charge in [-0.3, -0.25) is 10.9 Å². The van der Waals surface area contributed by atoms with Gasteiger partial charge >= 0.3 is 21.7 Å². The van der Waals surface area contributed by atoms with Gasteiger partial charge in [0, 0.05) is 25.3 Å². The van der Waals surface area contributed by atoms with Gasteiger partial charge in [-0.2, -0.15) is 0 Å². The second kappa shape index (κ2) is 23.5. The molecule has 0 aromatic carbocycles. The molecular weight excluding hydrogens is 426 g/mol. The molecule has 2 N–H and O–H groups in total. The molecule has 0 aromatic rings. The molecule has 0 saturated carbocycles. The number of hydrogen-bond acceptors (Lipinski definition) is 3. The first-order valence-corrected chi connectivity index (χ1v) is 14.7. The first kappa shape index (κ1) is 37.1. The minimum absolute atomic E-state index is 0. The van der Waals surface area contributed by atoms with E-state index in [1.807, 2.05) is 24.8 Å². The maximum absolute atomic E-state index is 12.2. The van der Waals surface area contributed by atoms with Crippen molar-refractivity contribution in [3.63, 3.8) is 0 Å². The van der Waals surface area contributed by atoms with Crippen LogP contribution in [-0.4, -0.2) is 54.4 Å². The van der Waals surface area contributed by atoms with E-state index in [1.165, 1.54) is 19.3 Å². The van der Waals surface area contributed by atoms with Gasteiger partial charge in [0.1, 0.15) is 5.91 Å². The number of unbranched alkanes of at least 4 members (excludes halogenated alkanes) is 3. The maximum Gasteiger partial charge on any atom is 2.00 e. The smallest absolute Gasteiger partial charge is 0.394 e. The third-order valence-electron chi connectivity index (χ3n) is 3.30. The summed E-state index contributed by atoms with van der Waals surface area (Å²) in [7, 11) is -1.36. The fraction of sp³-hybridized carbons (Fsp3) is 0.792. The number of hydrogen-bond donors (Lipinski definition) is 2. The van der Waals surface area contributed by atoms with Crippen LogP contribution in [0.15, 0.2) is 11.6 Å². The van der Waals surface area contributed by atoms with Crippen LogP contribution in [0.4, 0.5) is 0 Å². The van der Waals surface area contributed by atoms with Gasteiger partial charge in [0.2, 0.25) is 0 Å². The second-order valence-corrected chi connectivity index (χ2v) is 13.5. The van der Waals surface area contributed by atoms with Crippen LogP contribution >= 0.6 is 0 Å². The number of allylic oxidation sites excluding steroid dienone is 2. The molecule has 176 valence electrons. The molecule has 0 aliphatic carbocycles. The molecule has 0 bridgehead atoms. The van der Waals surface area contributed by atoms with Gasteiger partial charge in [-0.15, -0.1) is 6.42 Å². The molecule has 0 aliphatic heterocycles. The Morgan fingerprint density at radius 3 is 1.70 bits per heavy atom. The molecule has 0 atom stereocenters. The first-order valence-electron chi connectivity index (χ1n) is 11.2. The van der Waals surface area contributed by atoms with Gasteiger partial charge in [-0.1, -0.05) is 52.2 Å². The molecule has 0 rings (SSSR count). The summed E-state index contributed by atoms with van der Waals surface area (Å²) in [6.45, 7) is 21.4. The first-order chi connectivity index (χ1) is 13.3. The molecule has 0 aromatic heterocycles. The number of likely N-dealkylation sites (N-methyl/N-ethyl adjacent to an activating group) is 1. The topological polar surface area (TPSA) is 60.8 Å². The summed E-state index contributed by atoms with van der Waals surface area (Å²) in [5.41, 5.74) is 4.51. The summed E-state index contributed by atoms with van der Waals surface area (Å²) in [6, 6.07) is 0. The largest absolute Gasteiger partial charge is 2.00 e. The summed E-state index contributed by atoms with van der Waals surface area (Å²) in [6.07, 6.45) is 10.6. The summed E-state index contributed by atoms with van der Waals surface area (Å²) in [4.78, 5) is 14.0. The third-order valence-corrected chi connectivity index (χ3v) is 4.31. The SMILES string of the molecule is CC(C)O.CC(C)O.CCCCCCC(=[C-]C(=O)N(CC)CC)C=[C-][Si](C)(C)C.[Ti+2]. The molecule has 0 heterocycles. The van der Waals surface area contributed by atoms with Crippen molar-refractivity contribution < 1.29 is 36.7 Å². The van der Waals surface area contributed by atoms with Crippen LogP contribution in [0.1, 0.15) is 80.6 Å². The average Bonchev–Trinajstić information content (AvgIpc) is 2.55. The predicted octanol–water partition coefficient (Wildman–Crippen LogP) is 5.56. The Bertz CT molecular complexity index is 429. The Kier molecular flexibility index (Phi) is 29.0. The predicted molar refractivity (Wildman–Crippen MR) is 129 cm³/mol. The van der Waals surface area contributed by atoms with Gasteiger partial charge in [0.05, 0.1) is 0 Å². The molecule has 6 heteroatoms. The van der Waals surface area contributed by atoms with Crippen molar-refractivity contribution in [3.8, 4) is 0 Å². The molecule has 0 unspecified atom stereocenters. The summed E-state index contributed by atoms with van der Waals surface area (Å²) in [5, 5.41) is 16.1. The van der Waals surface area contributed by atoms with Crippen LogP contribution in [0.2, 0.25) is 19.6 Å². The van der Waals surface area contributed by atoms with E-state index in [0.717, 1.165) is 31.5 Å². The van der Waals surface area contributed by atoms with E-state index in [-0.39, 0.29) is 39.8 Å². The number of nitrogens with zero attached hydrogens (tertiary/aromatic N) is 1. The Labute approximate surface area is 204 Å². The van der Waals surface area contributed by atoms with Crippen molar-refractivity contribution >= 4 is 14.0 Å². The van der Waals surface area contributed by atoms with Gasteiger partial charge in [0.25, 0.3) is 0 Å². The molecule has 1 amide bonds. The monoisotopic (exact) mass is 475 g/mol. The molecule has 0 spiro atoms. The van der Waals surface area contributed by atoms with Crippen molar-refractivity contribution in [2.45, 2.75) is 112 Å². The third kappa shape index (κ3) is 35.3. The second-order valence-electron chi connectivity index (χ2n) is 8.66. The molecular formula is C24H49NO3SiTi. The zero-order chi connectivity index (χ0) is 23.5. The average molecular weight is 476 g/mol.